The number of benzene rings is 2. The Morgan fingerprint density at radius 1 is 1.23 bits per heavy atom. The predicted molar refractivity (Wildman–Crippen MR) is 110 cm³/mol. The maximum Gasteiger partial charge on any atom is 0.224 e. The number of rotatable bonds is 5. The number of carbonyl (C=O) groups excluding carboxylic acids is 1. The molecule has 0 aliphatic carbocycles. The van der Waals surface area contributed by atoms with E-state index in [4.69, 9.17) is 16.6 Å². The Kier molecular flexibility index (Phi) is 5.48. The van der Waals surface area contributed by atoms with Crippen LogP contribution in [0.1, 0.15) is 30.3 Å². The third-order valence-electron chi connectivity index (χ3n) is 4.57. The Labute approximate surface area is 166 Å². The van der Waals surface area contributed by atoms with Gasteiger partial charge in [-0.2, -0.15) is 0 Å². The molecule has 0 bridgehead atoms. The first kappa shape index (κ1) is 17.8. The van der Waals surface area contributed by atoms with Gasteiger partial charge in [0, 0.05) is 28.6 Å². The number of fused-ring (bicyclic) bond motifs is 1. The Morgan fingerprint density at radius 3 is 2.85 bits per heavy atom. The Balaban J connectivity index is 1.39. The number of carbonyl (C=O) groups is 1. The van der Waals surface area contributed by atoms with Gasteiger partial charge in [-0.05, 0) is 49.2 Å². The van der Waals surface area contributed by atoms with E-state index in [9.17, 15) is 4.79 Å². The quantitative estimate of drug-likeness (QED) is 0.506. The van der Waals surface area contributed by atoms with Crippen molar-refractivity contribution in [3.05, 3.63) is 58.6 Å². The largest absolute Gasteiger partial charge is 0.333 e. The molecule has 1 aliphatic rings. The summed E-state index contributed by atoms with van der Waals surface area (Å²) in [6, 6.07) is 16.1. The first-order valence-corrected chi connectivity index (χ1v) is 10.9. The molecule has 2 heterocycles. The minimum Gasteiger partial charge on any atom is -0.333 e. The monoisotopic (exact) mass is 402 g/mol. The highest BCUT2D eigenvalue weighted by molar-refractivity contribution is 7.99. The molecule has 1 atom stereocenters. The fraction of sp³-hybridized carbons (Fsp3) is 0.300. The molecule has 134 valence electrons. The number of nitrogens with zero attached hydrogens (tertiary/aromatic N) is 2. The van der Waals surface area contributed by atoms with Crippen LogP contribution in [0.5, 0.6) is 0 Å². The SMILES string of the molecule is O=C(CCSc1ccc(Cl)cc1)N1CCCC1c1nc2ccccc2s1. The van der Waals surface area contributed by atoms with Crippen molar-refractivity contribution in [2.45, 2.75) is 30.2 Å². The summed E-state index contributed by atoms with van der Waals surface area (Å²) >= 11 is 9.32. The number of amides is 1. The van der Waals surface area contributed by atoms with Crippen LogP contribution in [-0.2, 0) is 4.79 Å². The van der Waals surface area contributed by atoms with E-state index in [0.717, 1.165) is 45.6 Å². The summed E-state index contributed by atoms with van der Waals surface area (Å²) in [7, 11) is 0. The number of thioether (sulfide) groups is 1. The lowest BCUT2D eigenvalue weighted by atomic mass is 10.2. The van der Waals surface area contributed by atoms with Crippen molar-refractivity contribution in [3.63, 3.8) is 0 Å². The van der Waals surface area contributed by atoms with Gasteiger partial charge in [0.2, 0.25) is 5.91 Å². The van der Waals surface area contributed by atoms with Crippen LogP contribution in [0, 0.1) is 0 Å². The molecular formula is C20H19ClN2OS2. The number of para-hydroxylation sites is 1. The van der Waals surface area contributed by atoms with Crippen molar-refractivity contribution in [1.82, 2.24) is 9.88 Å². The molecule has 1 fully saturated rings. The lowest BCUT2D eigenvalue weighted by Gasteiger charge is -2.23. The summed E-state index contributed by atoms with van der Waals surface area (Å²) in [4.78, 5) is 20.7. The van der Waals surface area contributed by atoms with Crippen LogP contribution in [0.25, 0.3) is 10.2 Å². The van der Waals surface area contributed by atoms with E-state index in [2.05, 4.69) is 6.07 Å². The number of aromatic nitrogens is 1. The maximum atomic E-state index is 12.8. The van der Waals surface area contributed by atoms with E-state index in [1.54, 1.807) is 23.1 Å². The minimum absolute atomic E-state index is 0.139. The lowest BCUT2D eigenvalue weighted by molar-refractivity contribution is -0.131. The zero-order valence-electron chi connectivity index (χ0n) is 14.2. The molecule has 26 heavy (non-hydrogen) atoms. The van der Waals surface area contributed by atoms with E-state index in [1.807, 2.05) is 47.4 Å². The highest BCUT2D eigenvalue weighted by Crippen LogP contribution is 2.37. The Bertz CT molecular complexity index is 877. The smallest absolute Gasteiger partial charge is 0.224 e. The van der Waals surface area contributed by atoms with Crippen LogP contribution in [0.2, 0.25) is 5.02 Å². The molecule has 0 radical (unpaired) electrons. The van der Waals surface area contributed by atoms with E-state index >= 15 is 0 Å². The number of hydrogen-bond donors (Lipinski definition) is 0. The molecule has 3 aromatic rings. The van der Waals surface area contributed by atoms with E-state index in [0.29, 0.717) is 6.42 Å². The van der Waals surface area contributed by atoms with Crippen molar-refractivity contribution in [2.75, 3.05) is 12.3 Å². The fourth-order valence-electron chi connectivity index (χ4n) is 3.29. The highest BCUT2D eigenvalue weighted by atomic mass is 35.5. The minimum atomic E-state index is 0.139. The maximum absolute atomic E-state index is 12.8. The normalized spacial score (nSPS) is 17.1. The van der Waals surface area contributed by atoms with Crippen molar-refractivity contribution in [2.24, 2.45) is 0 Å². The van der Waals surface area contributed by atoms with Crippen LogP contribution in [0.15, 0.2) is 53.4 Å². The molecule has 0 spiro atoms. The molecule has 1 aliphatic heterocycles. The summed E-state index contributed by atoms with van der Waals surface area (Å²) < 4.78 is 1.19. The topological polar surface area (TPSA) is 33.2 Å². The predicted octanol–water partition coefficient (Wildman–Crippen LogP) is 5.80. The standard InChI is InChI=1S/C20H19ClN2OS2/c21-14-7-9-15(10-8-14)25-13-11-19(24)23-12-3-5-17(23)20-22-16-4-1-2-6-18(16)26-20/h1-2,4,6-10,17H,3,5,11-13H2. The zero-order valence-corrected chi connectivity index (χ0v) is 16.6. The molecule has 3 nitrogen and oxygen atoms in total. The summed E-state index contributed by atoms with van der Waals surface area (Å²) in [6.07, 6.45) is 2.61. The summed E-state index contributed by atoms with van der Waals surface area (Å²) in [5, 5.41) is 1.81. The molecule has 1 saturated heterocycles. The number of hydrogen-bond acceptors (Lipinski definition) is 4. The summed E-state index contributed by atoms with van der Waals surface area (Å²) in [5.74, 6) is 1.01. The van der Waals surface area contributed by atoms with E-state index in [-0.39, 0.29) is 11.9 Å². The molecule has 4 rings (SSSR count). The second kappa shape index (κ2) is 7.99. The number of thiazole rings is 1. The van der Waals surface area contributed by atoms with Gasteiger partial charge in [-0.25, -0.2) is 4.98 Å². The molecule has 1 unspecified atom stereocenters. The molecule has 0 saturated carbocycles. The van der Waals surface area contributed by atoms with Gasteiger partial charge >= 0.3 is 0 Å². The molecule has 1 amide bonds. The van der Waals surface area contributed by atoms with Gasteiger partial charge in [-0.1, -0.05) is 23.7 Å². The molecule has 6 heteroatoms. The van der Waals surface area contributed by atoms with Gasteiger partial charge in [0.1, 0.15) is 5.01 Å². The van der Waals surface area contributed by atoms with Crippen LogP contribution < -0.4 is 0 Å². The van der Waals surface area contributed by atoms with Crippen LogP contribution >= 0.6 is 34.7 Å². The van der Waals surface area contributed by atoms with Crippen LogP contribution in [0.3, 0.4) is 0 Å². The van der Waals surface area contributed by atoms with Crippen LogP contribution in [0.4, 0.5) is 0 Å². The second-order valence-electron chi connectivity index (χ2n) is 6.32. The lowest BCUT2D eigenvalue weighted by Crippen LogP contribution is -2.30. The number of halogens is 1. The third-order valence-corrected chi connectivity index (χ3v) is 6.97. The van der Waals surface area contributed by atoms with E-state index in [1.165, 1.54) is 4.70 Å². The number of likely N-dealkylation sites (tertiary alicyclic amines) is 1. The third kappa shape index (κ3) is 3.90. The highest BCUT2D eigenvalue weighted by Gasteiger charge is 2.31. The average molecular weight is 403 g/mol. The molecule has 1 aromatic heterocycles. The molecular weight excluding hydrogens is 384 g/mol. The summed E-state index contributed by atoms with van der Waals surface area (Å²) in [5.41, 5.74) is 1.03. The second-order valence-corrected chi connectivity index (χ2v) is 8.98. The van der Waals surface area contributed by atoms with E-state index < -0.39 is 0 Å². The van der Waals surface area contributed by atoms with Crippen molar-refractivity contribution < 1.29 is 4.79 Å². The summed E-state index contributed by atoms with van der Waals surface area (Å²) in [6.45, 7) is 0.838. The van der Waals surface area contributed by atoms with Gasteiger partial charge in [0.25, 0.3) is 0 Å². The van der Waals surface area contributed by atoms with Gasteiger partial charge < -0.3 is 4.90 Å². The zero-order chi connectivity index (χ0) is 17.9. The first-order valence-electron chi connectivity index (χ1n) is 8.74. The van der Waals surface area contributed by atoms with Crippen molar-refractivity contribution >= 4 is 50.8 Å². The van der Waals surface area contributed by atoms with Gasteiger partial charge in [0.05, 0.1) is 16.3 Å². The van der Waals surface area contributed by atoms with Crippen molar-refractivity contribution in [1.29, 1.82) is 0 Å². The van der Waals surface area contributed by atoms with Gasteiger partial charge in [-0.15, -0.1) is 23.1 Å². The van der Waals surface area contributed by atoms with Gasteiger partial charge in [0.15, 0.2) is 0 Å². The molecule has 0 N–H and O–H groups in total. The average Bonchev–Trinajstić information content (AvgIpc) is 3.29. The van der Waals surface area contributed by atoms with Crippen molar-refractivity contribution in [3.8, 4) is 0 Å². The molecule has 2 aromatic carbocycles. The fourth-order valence-corrected chi connectivity index (χ4v) is 5.37. The first-order chi connectivity index (χ1) is 12.7. The Hall–Kier alpha value is -1.56. The van der Waals surface area contributed by atoms with Gasteiger partial charge in [-0.3, -0.25) is 4.79 Å². The Morgan fingerprint density at radius 2 is 2.04 bits per heavy atom. The van der Waals surface area contributed by atoms with Crippen LogP contribution in [-0.4, -0.2) is 28.1 Å².